The fourth-order valence-electron chi connectivity index (χ4n) is 4.80. The maximum atomic E-state index is 14.0. The van der Waals surface area contributed by atoms with E-state index < -0.39 is 24.3 Å². The molecule has 212 valence electrons. The minimum Gasteiger partial charge on any atom is -0.370 e. The van der Waals surface area contributed by atoms with E-state index in [2.05, 4.69) is 29.4 Å². The summed E-state index contributed by atoms with van der Waals surface area (Å²) in [5, 5.41) is 5.65. The molecule has 1 aliphatic heterocycles. The number of carbonyl (C=O) groups is 3. The zero-order valence-electron chi connectivity index (χ0n) is 21.9. The van der Waals surface area contributed by atoms with Gasteiger partial charge in [0.25, 0.3) is 18.2 Å². The Morgan fingerprint density at radius 1 is 1.23 bits per heavy atom. The lowest BCUT2D eigenvalue weighted by molar-refractivity contribution is -0.126. The molecule has 1 aliphatic carbocycles. The van der Waals surface area contributed by atoms with Crippen molar-refractivity contribution in [3.8, 4) is 0 Å². The van der Waals surface area contributed by atoms with Gasteiger partial charge in [0.05, 0.1) is 21.5 Å². The SMILES string of the molecule is CC(C)CN(C1CCC1)[C@@H](CNC(=O)c1ccc(Cl)s1)C(=O)Nc1ccc(N2CCOCC2=O)c(C(F)F)c1. The minimum atomic E-state index is -2.85. The van der Waals surface area contributed by atoms with Gasteiger partial charge in [0.2, 0.25) is 5.91 Å². The van der Waals surface area contributed by atoms with E-state index in [1.165, 1.54) is 23.1 Å². The van der Waals surface area contributed by atoms with Gasteiger partial charge >= 0.3 is 0 Å². The Balaban J connectivity index is 1.56. The van der Waals surface area contributed by atoms with Gasteiger partial charge in [-0.15, -0.1) is 11.3 Å². The molecule has 1 aromatic carbocycles. The summed E-state index contributed by atoms with van der Waals surface area (Å²) in [5.74, 6) is -0.860. The van der Waals surface area contributed by atoms with Crippen molar-refractivity contribution in [3.63, 3.8) is 0 Å². The lowest BCUT2D eigenvalue weighted by Crippen LogP contribution is -2.57. The fraction of sp³-hybridized carbons (Fsp3) is 0.519. The number of nitrogens with zero attached hydrogens (tertiary/aromatic N) is 2. The van der Waals surface area contributed by atoms with Gasteiger partial charge in [0.15, 0.2) is 0 Å². The Morgan fingerprint density at radius 3 is 2.59 bits per heavy atom. The Kier molecular flexibility index (Phi) is 9.92. The molecule has 2 aromatic rings. The van der Waals surface area contributed by atoms with Crippen LogP contribution >= 0.6 is 22.9 Å². The van der Waals surface area contributed by atoms with Gasteiger partial charge in [-0.3, -0.25) is 19.3 Å². The molecule has 0 unspecified atom stereocenters. The molecule has 1 aromatic heterocycles. The van der Waals surface area contributed by atoms with Gasteiger partial charge in [-0.1, -0.05) is 31.9 Å². The van der Waals surface area contributed by atoms with E-state index in [1.54, 1.807) is 12.1 Å². The maximum Gasteiger partial charge on any atom is 0.265 e. The summed E-state index contributed by atoms with van der Waals surface area (Å²) in [5.41, 5.74) is -0.0506. The lowest BCUT2D eigenvalue weighted by atomic mass is 9.89. The number of halogens is 3. The molecule has 39 heavy (non-hydrogen) atoms. The van der Waals surface area contributed by atoms with E-state index in [0.29, 0.717) is 15.8 Å². The topological polar surface area (TPSA) is 91.0 Å². The van der Waals surface area contributed by atoms with Crippen LogP contribution in [0, 0.1) is 5.92 Å². The third kappa shape index (κ3) is 7.33. The van der Waals surface area contributed by atoms with Crippen molar-refractivity contribution in [2.24, 2.45) is 5.92 Å². The zero-order valence-corrected chi connectivity index (χ0v) is 23.5. The Bertz CT molecular complexity index is 1190. The number of benzene rings is 1. The van der Waals surface area contributed by atoms with Gasteiger partial charge in [0, 0.05) is 36.9 Å². The van der Waals surface area contributed by atoms with Crippen LogP contribution in [0.4, 0.5) is 20.2 Å². The van der Waals surface area contributed by atoms with Gasteiger partial charge in [0.1, 0.15) is 12.6 Å². The molecule has 2 N–H and O–H groups in total. The van der Waals surface area contributed by atoms with Crippen LogP contribution in [0.2, 0.25) is 4.34 Å². The van der Waals surface area contributed by atoms with Crippen LogP contribution in [0.5, 0.6) is 0 Å². The summed E-state index contributed by atoms with van der Waals surface area (Å²) in [6.07, 6.45) is 0.103. The Hall–Kier alpha value is -2.60. The number of hydrogen-bond acceptors (Lipinski definition) is 6. The van der Waals surface area contributed by atoms with Crippen LogP contribution < -0.4 is 15.5 Å². The van der Waals surface area contributed by atoms with E-state index >= 15 is 0 Å². The number of amides is 3. The van der Waals surface area contributed by atoms with Crippen LogP contribution in [0.3, 0.4) is 0 Å². The second kappa shape index (κ2) is 13.2. The van der Waals surface area contributed by atoms with Crippen molar-refractivity contribution < 1.29 is 27.9 Å². The standard InChI is InChI=1S/C27H33ClF2N4O4S/c1-16(2)14-34(18-4-3-5-18)21(13-31-27(37)22-8-9-23(28)39-22)26(36)32-17-6-7-20(19(12-17)25(29)30)33-10-11-38-15-24(33)35/h6-9,12,16,18,21,25H,3-5,10-11,13-15H2,1-2H3,(H,31,37)(H,32,36)/t21-/m0/s1. The second-order valence-corrected chi connectivity index (χ2v) is 11.9. The summed E-state index contributed by atoms with van der Waals surface area (Å²) < 4.78 is 33.7. The third-order valence-electron chi connectivity index (χ3n) is 6.88. The Labute approximate surface area is 235 Å². The first-order valence-electron chi connectivity index (χ1n) is 13.0. The summed E-state index contributed by atoms with van der Waals surface area (Å²) in [6.45, 7) is 5.08. The van der Waals surface area contributed by atoms with Crippen molar-refractivity contribution >= 4 is 52.0 Å². The molecule has 0 radical (unpaired) electrons. The van der Waals surface area contributed by atoms with Crippen molar-refractivity contribution in [3.05, 3.63) is 45.1 Å². The summed E-state index contributed by atoms with van der Waals surface area (Å²) in [4.78, 5) is 42.5. The highest BCUT2D eigenvalue weighted by Gasteiger charge is 2.35. The van der Waals surface area contributed by atoms with E-state index in [9.17, 15) is 23.2 Å². The van der Waals surface area contributed by atoms with Gasteiger partial charge in [-0.05, 0) is 49.1 Å². The second-order valence-electron chi connectivity index (χ2n) is 10.2. The highest BCUT2D eigenvalue weighted by Crippen LogP contribution is 2.34. The van der Waals surface area contributed by atoms with Crippen molar-refractivity contribution in [2.45, 2.75) is 51.6 Å². The normalized spacial score (nSPS) is 17.0. The van der Waals surface area contributed by atoms with Crippen molar-refractivity contribution in [1.29, 1.82) is 0 Å². The lowest BCUT2D eigenvalue weighted by Gasteiger charge is -2.42. The molecule has 1 saturated carbocycles. The van der Waals surface area contributed by atoms with Crippen LogP contribution in [-0.4, -0.2) is 67.6 Å². The minimum absolute atomic E-state index is 0.0471. The number of rotatable bonds is 11. The molecule has 0 spiro atoms. The summed E-state index contributed by atoms with van der Waals surface area (Å²) in [6, 6.07) is 6.90. The number of anilines is 2. The fourth-order valence-corrected chi connectivity index (χ4v) is 5.75. The first kappa shape index (κ1) is 29.4. The van der Waals surface area contributed by atoms with Crippen molar-refractivity contribution in [2.75, 3.05) is 43.1 Å². The van der Waals surface area contributed by atoms with Gasteiger partial charge < -0.3 is 20.3 Å². The molecule has 3 amide bonds. The first-order chi connectivity index (χ1) is 18.6. The smallest absolute Gasteiger partial charge is 0.265 e. The number of ether oxygens (including phenoxy) is 1. The molecule has 2 heterocycles. The number of thiophene rings is 1. The number of carbonyl (C=O) groups excluding carboxylic acids is 3. The van der Waals surface area contributed by atoms with Crippen LogP contribution in [-0.2, 0) is 14.3 Å². The molecule has 8 nitrogen and oxygen atoms in total. The van der Waals surface area contributed by atoms with Crippen LogP contribution in [0.25, 0.3) is 0 Å². The molecule has 1 saturated heterocycles. The predicted molar refractivity (Wildman–Crippen MR) is 148 cm³/mol. The molecule has 2 fully saturated rings. The highest BCUT2D eigenvalue weighted by atomic mass is 35.5. The van der Waals surface area contributed by atoms with Crippen LogP contribution in [0.15, 0.2) is 30.3 Å². The largest absolute Gasteiger partial charge is 0.370 e. The summed E-state index contributed by atoms with van der Waals surface area (Å²) in [7, 11) is 0. The zero-order chi connectivity index (χ0) is 28.1. The first-order valence-corrected chi connectivity index (χ1v) is 14.2. The predicted octanol–water partition coefficient (Wildman–Crippen LogP) is 4.95. The Morgan fingerprint density at radius 2 is 2.00 bits per heavy atom. The van der Waals surface area contributed by atoms with E-state index in [0.717, 1.165) is 30.6 Å². The van der Waals surface area contributed by atoms with Crippen molar-refractivity contribution in [1.82, 2.24) is 10.2 Å². The molecule has 12 heteroatoms. The quantitative estimate of drug-likeness (QED) is 0.391. The van der Waals surface area contributed by atoms with Gasteiger partial charge in [-0.2, -0.15) is 0 Å². The molecule has 1 atom stereocenters. The number of morpholine rings is 1. The molecular formula is C27H33ClF2N4O4S. The average Bonchev–Trinajstić information content (AvgIpc) is 3.29. The number of alkyl halides is 2. The van der Waals surface area contributed by atoms with E-state index in [4.69, 9.17) is 16.3 Å². The highest BCUT2D eigenvalue weighted by molar-refractivity contribution is 7.18. The number of nitrogens with one attached hydrogen (secondary N) is 2. The van der Waals surface area contributed by atoms with E-state index in [-0.39, 0.29) is 61.1 Å². The van der Waals surface area contributed by atoms with Crippen LogP contribution in [0.1, 0.15) is 54.8 Å². The molecular weight excluding hydrogens is 550 g/mol. The average molecular weight is 583 g/mol. The maximum absolute atomic E-state index is 14.0. The monoisotopic (exact) mass is 582 g/mol. The number of hydrogen-bond donors (Lipinski definition) is 2. The van der Waals surface area contributed by atoms with E-state index in [1.807, 2.05) is 0 Å². The summed E-state index contributed by atoms with van der Waals surface area (Å²) >= 11 is 7.12. The molecule has 2 aliphatic rings. The van der Waals surface area contributed by atoms with Gasteiger partial charge in [-0.25, -0.2) is 8.78 Å². The molecule has 4 rings (SSSR count). The third-order valence-corrected chi connectivity index (χ3v) is 8.11. The molecule has 0 bridgehead atoms.